The molecule has 0 fully saturated rings. The lowest BCUT2D eigenvalue weighted by molar-refractivity contribution is 0.182. The second-order valence-electron chi connectivity index (χ2n) is 3.78. The highest BCUT2D eigenvalue weighted by Gasteiger charge is 2.05. The van der Waals surface area contributed by atoms with Crippen LogP contribution in [0.5, 0.6) is 0 Å². The van der Waals surface area contributed by atoms with Gasteiger partial charge in [0.15, 0.2) is 0 Å². The molecule has 2 aromatic rings. The monoisotopic (exact) mass is 224 g/mol. The van der Waals surface area contributed by atoms with Crippen molar-refractivity contribution in [2.45, 2.75) is 25.9 Å². The van der Waals surface area contributed by atoms with Gasteiger partial charge < -0.3 is 9.52 Å². The van der Waals surface area contributed by atoms with Gasteiger partial charge in [-0.05, 0) is 37.6 Å². The van der Waals surface area contributed by atoms with Crippen molar-refractivity contribution in [1.29, 1.82) is 0 Å². The summed E-state index contributed by atoms with van der Waals surface area (Å²) in [5, 5.41) is 10.9. The lowest BCUT2D eigenvalue weighted by Crippen LogP contribution is -2.00. The van der Waals surface area contributed by atoms with Gasteiger partial charge in [0.05, 0.1) is 6.10 Å². The van der Waals surface area contributed by atoms with E-state index in [1.807, 2.05) is 24.3 Å². The summed E-state index contributed by atoms with van der Waals surface area (Å²) in [6, 6.07) is 7.53. The van der Waals surface area contributed by atoms with Gasteiger partial charge in [-0.2, -0.15) is 0 Å². The summed E-state index contributed by atoms with van der Waals surface area (Å²) >= 11 is 5.87. The molecule has 15 heavy (non-hydrogen) atoms. The summed E-state index contributed by atoms with van der Waals surface area (Å²) < 4.78 is 5.60. The minimum Gasteiger partial charge on any atom is -0.461 e. The molecule has 1 heterocycles. The molecule has 1 atom stereocenters. The molecular formula is C12H13ClO2. The fourth-order valence-corrected chi connectivity index (χ4v) is 1.72. The first kappa shape index (κ1) is 10.5. The first-order valence-corrected chi connectivity index (χ1v) is 5.39. The first-order valence-electron chi connectivity index (χ1n) is 5.01. The fourth-order valence-electron chi connectivity index (χ4n) is 1.54. The number of halogens is 1. The molecule has 0 saturated carbocycles. The van der Waals surface area contributed by atoms with Crippen molar-refractivity contribution in [3.05, 3.63) is 35.0 Å². The highest BCUT2D eigenvalue weighted by atomic mass is 35.5. The molecule has 80 valence electrons. The van der Waals surface area contributed by atoms with Crippen molar-refractivity contribution in [3.8, 4) is 0 Å². The van der Waals surface area contributed by atoms with Crippen molar-refractivity contribution in [2.24, 2.45) is 0 Å². The summed E-state index contributed by atoms with van der Waals surface area (Å²) in [7, 11) is 0. The topological polar surface area (TPSA) is 33.4 Å². The van der Waals surface area contributed by atoms with Crippen molar-refractivity contribution in [2.75, 3.05) is 0 Å². The Morgan fingerprint density at radius 2 is 2.20 bits per heavy atom. The van der Waals surface area contributed by atoms with Crippen LogP contribution in [0.3, 0.4) is 0 Å². The summed E-state index contributed by atoms with van der Waals surface area (Å²) in [5.74, 6) is 0.896. The number of rotatable bonds is 3. The molecule has 0 saturated heterocycles. The summed E-state index contributed by atoms with van der Waals surface area (Å²) in [6.45, 7) is 1.78. The number of aliphatic hydroxyl groups excluding tert-OH is 1. The first-order chi connectivity index (χ1) is 7.15. The minimum absolute atomic E-state index is 0.290. The van der Waals surface area contributed by atoms with Crippen LogP contribution in [-0.2, 0) is 6.42 Å². The Bertz CT molecular complexity index is 460. The Balaban J connectivity index is 2.23. The van der Waals surface area contributed by atoms with Crippen LogP contribution >= 0.6 is 11.6 Å². The highest BCUT2D eigenvalue weighted by molar-refractivity contribution is 6.31. The van der Waals surface area contributed by atoms with Crippen LogP contribution in [-0.4, -0.2) is 11.2 Å². The zero-order chi connectivity index (χ0) is 10.8. The van der Waals surface area contributed by atoms with Gasteiger partial charge >= 0.3 is 0 Å². The Morgan fingerprint density at radius 1 is 1.40 bits per heavy atom. The molecule has 0 bridgehead atoms. The van der Waals surface area contributed by atoms with Gasteiger partial charge in [0, 0.05) is 16.8 Å². The minimum atomic E-state index is -0.290. The largest absolute Gasteiger partial charge is 0.461 e. The predicted octanol–water partition coefficient (Wildman–Crippen LogP) is 3.40. The predicted molar refractivity (Wildman–Crippen MR) is 61.2 cm³/mol. The lowest BCUT2D eigenvalue weighted by Gasteiger charge is -1.99. The molecule has 0 aliphatic rings. The molecule has 0 aliphatic carbocycles. The zero-order valence-electron chi connectivity index (χ0n) is 8.53. The molecule has 2 nitrogen and oxygen atoms in total. The second kappa shape index (κ2) is 4.25. The second-order valence-corrected chi connectivity index (χ2v) is 4.22. The maximum atomic E-state index is 9.17. The molecule has 0 spiro atoms. The summed E-state index contributed by atoms with van der Waals surface area (Å²) in [6.07, 6.45) is 1.18. The SMILES string of the molecule is CC(O)CCc1cc2cc(Cl)ccc2o1. The lowest BCUT2D eigenvalue weighted by atomic mass is 10.2. The molecule has 0 radical (unpaired) electrons. The van der Waals surface area contributed by atoms with E-state index in [0.717, 1.165) is 23.2 Å². The Hall–Kier alpha value is -0.990. The molecular weight excluding hydrogens is 212 g/mol. The van der Waals surface area contributed by atoms with E-state index in [9.17, 15) is 0 Å². The quantitative estimate of drug-likeness (QED) is 0.867. The van der Waals surface area contributed by atoms with Crippen molar-refractivity contribution in [3.63, 3.8) is 0 Å². The smallest absolute Gasteiger partial charge is 0.134 e. The molecule has 0 aliphatic heterocycles. The number of benzene rings is 1. The number of aliphatic hydroxyl groups is 1. The normalized spacial score (nSPS) is 13.3. The fraction of sp³-hybridized carbons (Fsp3) is 0.333. The third kappa shape index (κ3) is 2.52. The number of hydrogen-bond donors (Lipinski definition) is 1. The van der Waals surface area contributed by atoms with E-state index in [1.54, 1.807) is 6.92 Å². The van der Waals surface area contributed by atoms with Crippen LogP contribution in [0.15, 0.2) is 28.7 Å². The number of fused-ring (bicyclic) bond motifs is 1. The average Bonchev–Trinajstić information content (AvgIpc) is 2.56. The van der Waals surface area contributed by atoms with Crippen LogP contribution in [0, 0.1) is 0 Å². The van der Waals surface area contributed by atoms with Crippen molar-refractivity contribution < 1.29 is 9.52 Å². The van der Waals surface area contributed by atoms with E-state index in [0.29, 0.717) is 11.4 Å². The molecule has 1 aromatic carbocycles. The van der Waals surface area contributed by atoms with Gasteiger partial charge in [0.25, 0.3) is 0 Å². The Labute approximate surface area is 93.5 Å². The third-order valence-electron chi connectivity index (χ3n) is 2.34. The van der Waals surface area contributed by atoms with Crippen molar-refractivity contribution >= 4 is 22.6 Å². The molecule has 1 unspecified atom stereocenters. The molecule has 1 N–H and O–H groups in total. The van der Waals surface area contributed by atoms with Crippen LogP contribution in [0.2, 0.25) is 5.02 Å². The zero-order valence-corrected chi connectivity index (χ0v) is 9.29. The van der Waals surface area contributed by atoms with Crippen LogP contribution in [0.1, 0.15) is 19.1 Å². The molecule has 3 heteroatoms. The third-order valence-corrected chi connectivity index (χ3v) is 2.57. The van der Waals surface area contributed by atoms with E-state index >= 15 is 0 Å². The van der Waals surface area contributed by atoms with Gasteiger partial charge in [-0.3, -0.25) is 0 Å². The summed E-state index contributed by atoms with van der Waals surface area (Å²) in [4.78, 5) is 0. The number of aryl methyl sites for hydroxylation is 1. The number of hydrogen-bond acceptors (Lipinski definition) is 2. The van der Waals surface area contributed by atoms with Crippen LogP contribution in [0.25, 0.3) is 11.0 Å². The average molecular weight is 225 g/mol. The van der Waals surface area contributed by atoms with Gasteiger partial charge in [-0.15, -0.1) is 0 Å². The van der Waals surface area contributed by atoms with E-state index in [1.165, 1.54) is 0 Å². The highest BCUT2D eigenvalue weighted by Crippen LogP contribution is 2.23. The molecule has 2 rings (SSSR count). The van der Waals surface area contributed by atoms with E-state index < -0.39 is 0 Å². The Morgan fingerprint density at radius 3 is 2.93 bits per heavy atom. The maximum absolute atomic E-state index is 9.17. The number of furan rings is 1. The molecule has 1 aromatic heterocycles. The van der Waals surface area contributed by atoms with E-state index in [-0.39, 0.29) is 6.10 Å². The van der Waals surface area contributed by atoms with Gasteiger partial charge in [0.1, 0.15) is 11.3 Å². The standard InChI is InChI=1S/C12H13ClO2/c1-8(14)2-4-11-7-9-6-10(13)3-5-12(9)15-11/h3,5-8,14H,2,4H2,1H3. The van der Waals surface area contributed by atoms with E-state index in [4.69, 9.17) is 21.1 Å². The van der Waals surface area contributed by atoms with Gasteiger partial charge in [-0.25, -0.2) is 0 Å². The van der Waals surface area contributed by atoms with Gasteiger partial charge in [0.2, 0.25) is 0 Å². The molecule has 0 amide bonds. The van der Waals surface area contributed by atoms with Crippen LogP contribution in [0.4, 0.5) is 0 Å². The van der Waals surface area contributed by atoms with Crippen molar-refractivity contribution in [1.82, 2.24) is 0 Å². The van der Waals surface area contributed by atoms with Crippen LogP contribution < -0.4 is 0 Å². The summed E-state index contributed by atoms with van der Waals surface area (Å²) in [5.41, 5.74) is 0.847. The Kier molecular flexibility index (Phi) is 2.98. The van der Waals surface area contributed by atoms with E-state index in [2.05, 4.69) is 0 Å². The van der Waals surface area contributed by atoms with Gasteiger partial charge in [-0.1, -0.05) is 11.6 Å². The maximum Gasteiger partial charge on any atom is 0.134 e.